The van der Waals surface area contributed by atoms with Gasteiger partial charge in [-0.15, -0.1) is 0 Å². The molecule has 0 saturated carbocycles. The first-order chi connectivity index (χ1) is 10.9. The lowest BCUT2D eigenvalue weighted by molar-refractivity contribution is -0.189. The van der Waals surface area contributed by atoms with Crippen LogP contribution in [0.1, 0.15) is 18.9 Å². The van der Waals surface area contributed by atoms with E-state index in [0.717, 1.165) is 25.9 Å². The number of nitrogens with one attached hydrogen (secondary N) is 2. The van der Waals surface area contributed by atoms with Gasteiger partial charge in [0.25, 0.3) is 0 Å². The van der Waals surface area contributed by atoms with E-state index in [1.54, 1.807) is 4.57 Å². The van der Waals surface area contributed by atoms with Gasteiger partial charge in [-0.3, -0.25) is 4.57 Å². The predicted molar refractivity (Wildman–Crippen MR) is 75.4 cm³/mol. The van der Waals surface area contributed by atoms with E-state index >= 15 is 0 Å². The molecule has 23 heavy (non-hydrogen) atoms. The van der Waals surface area contributed by atoms with Crippen LogP contribution in [0.15, 0.2) is 23.0 Å². The number of nitrogens with zero attached hydrogens (tertiary/aromatic N) is 1. The highest BCUT2D eigenvalue weighted by molar-refractivity contribution is 5.81. The van der Waals surface area contributed by atoms with Crippen LogP contribution in [-0.4, -0.2) is 34.8 Å². The molecule has 2 N–H and O–H groups in total. The number of hydrogen-bond donors (Lipinski definition) is 2. The van der Waals surface area contributed by atoms with Gasteiger partial charge in [0.15, 0.2) is 0 Å². The van der Waals surface area contributed by atoms with Crippen molar-refractivity contribution < 1.29 is 22.7 Å². The summed E-state index contributed by atoms with van der Waals surface area (Å²) in [5, 5.41) is 3.20. The molecule has 6 nitrogen and oxygen atoms in total. The molecule has 3 rings (SSSR count). The van der Waals surface area contributed by atoms with Crippen molar-refractivity contribution in [3.05, 3.63) is 28.7 Å². The second-order valence-corrected chi connectivity index (χ2v) is 5.35. The Balaban J connectivity index is 1.93. The highest BCUT2D eigenvalue weighted by Crippen LogP contribution is 2.26. The van der Waals surface area contributed by atoms with Gasteiger partial charge in [-0.05, 0) is 38.1 Å². The summed E-state index contributed by atoms with van der Waals surface area (Å²) in [5.41, 5.74) is 0.584. The van der Waals surface area contributed by atoms with Crippen molar-refractivity contribution in [2.45, 2.75) is 25.1 Å². The first kappa shape index (κ1) is 15.6. The molecule has 0 unspecified atom stereocenters. The average Bonchev–Trinajstić information content (AvgIpc) is 2.82. The second kappa shape index (κ2) is 5.73. The molecule has 0 amide bonds. The van der Waals surface area contributed by atoms with E-state index in [1.807, 2.05) is 0 Å². The van der Waals surface area contributed by atoms with Gasteiger partial charge in [0, 0.05) is 12.1 Å². The molecule has 0 radical (unpaired) electrons. The minimum atomic E-state index is -5.07. The number of hydrogen-bond acceptors (Lipinski definition) is 4. The Morgan fingerprint density at radius 2 is 1.96 bits per heavy atom. The molecule has 1 aliphatic heterocycles. The van der Waals surface area contributed by atoms with Crippen LogP contribution in [-0.2, 0) is 4.79 Å². The van der Waals surface area contributed by atoms with Gasteiger partial charge < -0.3 is 15.0 Å². The van der Waals surface area contributed by atoms with Crippen LogP contribution in [0.4, 0.5) is 13.2 Å². The van der Waals surface area contributed by atoms with Gasteiger partial charge in [0.2, 0.25) is 0 Å². The quantitative estimate of drug-likeness (QED) is 0.650. The van der Waals surface area contributed by atoms with Crippen molar-refractivity contribution in [3.8, 4) is 5.75 Å². The van der Waals surface area contributed by atoms with Crippen molar-refractivity contribution in [3.63, 3.8) is 0 Å². The molecule has 1 aromatic heterocycles. The van der Waals surface area contributed by atoms with E-state index < -0.39 is 12.1 Å². The monoisotopic (exact) mass is 329 g/mol. The Morgan fingerprint density at radius 1 is 1.26 bits per heavy atom. The van der Waals surface area contributed by atoms with Crippen LogP contribution in [0.2, 0.25) is 0 Å². The number of aromatic nitrogens is 2. The summed E-state index contributed by atoms with van der Waals surface area (Å²) in [5.74, 6) is -2.56. The van der Waals surface area contributed by atoms with Crippen LogP contribution in [0, 0.1) is 0 Å². The number of carbonyl (C=O) groups is 1. The number of rotatable bonds is 2. The zero-order chi connectivity index (χ0) is 16.6. The third-order valence-corrected chi connectivity index (χ3v) is 3.80. The second-order valence-electron chi connectivity index (χ2n) is 5.35. The molecule has 2 aromatic rings. The normalized spacial score (nSPS) is 16.7. The summed E-state index contributed by atoms with van der Waals surface area (Å²) in [6.45, 7) is 1.59. The van der Waals surface area contributed by atoms with Gasteiger partial charge in [0.05, 0.1) is 11.0 Å². The molecule has 0 spiro atoms. The molecule has 1 saturated heterocycles. The molecule has 9 heteroatoms. The Morgan fingerprint density at radius 3 is 2.61 bits per heavy atom. The number of esters is 1. The maximum absolute atomic E-state index is 12.2. The zero-order valence-corrected chi connectivity index (χ0v) is 11.9. The number of aromatic amines is 1. The van der Waals surface area contributed by atoms with Gasteiger partial charge in [-0.2, -0.15) is 13.2 Å². The predicted octanol–water partition coefficient (Wildman–Crippen LogP) is 1.72. The number of carbonyl (C=O) groups excluding carboxylic acids is 1. The third kappa shape index (κ3) is 3.09. The Kier molecular flexibility index (Phi) is 3.88. The maximum Gasteiger partial charge on any atom is 0.491 e. The first-order valence-corrected chi connectivity index (χ1v) is 7.10. The summed E-state index contributed by atoms with van der Waals surface area (Å²) in [4.78, 5) is 25.6. The van der Waals surface area contributed by atoms with Crippen molar-refractivity contribution in [1.82, 2.24) is 14.9 Å². The number of benzene rings is 1. The van der Waals surface area contributed by atoms with E-state index in [1.165, 1.54) is 18.2 Å². The van der Waals surface area contributed by atoms with Crippen LogP contribution < -0.4 is 15.7 Å². The molecule has 0 bridgehead atoms. The summed E-state index contributed by atoms with van der Waals surface area (Å²) >= 11 is 0. The van der Waals surface area contributed by atoms with Gasteiger partial charge in [0.1, 0.15) is 5.75 Å². The smallest absolute Gasteiger partial charge is 0.420 e. The van der Waals surface area contributed by atoms with E-state index in [0.29, 0.717) is 11.0 Å². The lowest BCUT2D eigenvalue weighted by Crippen LogP contribution is -2.33. The summed E-state index contributed by atoms with van der Waals surface area (Å²) in [6.07, 6.45) is -3.49. The van der Waals surface area contributed by atoms with E-state index in [9.17, 15) is 22.8 Å². The Labute approximate surface area is 128 Å². The van der Waals surface area contributed by atoms with Crippen molar-refractivity contribution in [1.29, 1.82) is 0 Å². The van der Waals surface area contributed by atoms with Gasteiger partial charge >= 0.3 is 17.8 Å². The number of piperidine rings is 1. The molecule has 1 aliphatic rings. The Bertz CT molecular complexity index is 788. The molecule has 124 valence electrons. The number of ether oxygens (including phenoxy) is 1. The van der Waals surface area contributed by atoms with Gasteiger partial charge in [-0.25, -0.2) is 9.59 Å². The molecule has 2 heterocycles. The largest absolute Gasteiger partial charge is 0.491 e. The third-order valence-electron chi connectivity index (χ3n) is 3.80. The van der Waals surface area contributed by atoms with E-state index in [4.69, 9.17) is 0 Å². The number of halogens is 3. The van der Waals surface area contributed by atoms with Gasteiger partial charge in [-0.1, -0.05) is 0 Å². The minimum Gasteiger partial charge on any atom is -0.420 e. The Hall–Kier alpha value is -2.29. The van der Waals surface area contributed by atoms with E-state index in [2.05, 4.69) is 15.0 Å². The molecule has 0 aliphatic carbocycles. The maximum atomic E-state index is 12.2. The molecule has 1 aromatic carbocycles. The SMILES string of the molecule is O=C(Oc1ccc2c(c1)[nH]c(=O)n2C1CCNCC1)C(F)(F)F. The molecular weight excluding hydrogens is 315 g/mol. The highest BCUT2D eigenvalue weighted by atomic mass is 19.4. The van der Waals surface area contributed by atoms with Crippen LogP contribution in [0.25, 0.3) is 11.0 Å². The summed E-state index contributed by atoms with van der Waals surface area (Å²) in [6, 6.07) is 3.98. The number of alkyl halides is 3. The number of imidazole rings is 1. The summed E-state index contributed by atoms with van der Waals surface area (Å²) in [7, 11) is 0. The highest BCUT2D eigenvalue weighted by Gasteiger charge is 2.41. The average molecular weight is 329 g/mol. The molecule has 1 fully saturated rings. The molecular formula is C14H14F3N3O3. The fourth-order valence-electron chi connectivity index (χ4n) is 2.77. The van der Waals surface area contributed by atoms with Crippen molar-refractivity contribution in [2.75, 3.05) is 13.1 Å². The lowest BCUT2D eigenvalue weighted by atomic mass is 10.1. The minimum absolute atomic E-state index is 0.0288. The standard InChI is InChI=1S/C14H14F3N3O3/c15-14(16,17)12(21)23-9-1-2-11-10(7-9)19-13(22)20(11)8-3-5-18-6-4-8/h1-2,7-8,18H,3-6H2,(H,19,22). The van der Waals surface area contributed by atoms with Crippen LogP contribution in [0.3, 0.4) is 0 Å². The molecule has 0 atom stereocenters. The lowest BCUT2D eigenvalue weighted by Gasteiger charge is -2.23. The van der Waals surface area contributed by atoms with Crippen molar-refractivity contribution >= 4 is 17.0 Å². The fraction of sp³-hybridized carbons (Fsp3) is 0.429. The van der Waals surface area contributed by atoms with Crippen molar-refractivity contribution in [2.24, 2.45) is 0 Å². The van der Waals surface area contributed by atoms with E-state index in [-0.39, 0.29) is 17.5 Å². The topological polar surface area (TPSA) is 76.1 Å². The summed E-state index contributed by atoms with van der Waals surface area (Å²) < 4.78 is 42.5. The zero-order valence-electron chi connectivity index (χ0n) is 11.9. The van der Waals surface area contributed by atoms with Crippen LogP contribution >= 0.6 is 0 Å². The first-order valence-electron chi connectivity index (χ1n) is 7.10. The number of fused-ring (bicyclic) bond motifs is 1. The van der Waals surface area contributed by atoms with Crippen LogP contribution in [0.5, 0.6) is 5.75 Å². The fourth-order valence-corrected chi connectivity index (χ4v) is 2.77. The number of H-pyrrole nitrogens is 1.